The van der Waals surface area contributed by atoms with Crippen LogP contribution in [0.15, 0.2) is 30.9 Å². The summed E-state index contributed by atoms with van der Waals surface area (Å²) in [6, 6.07) is 3.79. The van der Waals surface area contributed by atoms with Gasteiger partial charge in [0.1, 0.15) is 10.8 Å². The first-order valence-corrected chi connectivity index (χ1v) is 7.04. The highest BCUT2D eigenvalue weighted by Crippen LogP contribution is 2.10. The molecule has 6 heteroatoms. The molecular formula is C14H19N5S. The summed E-state index contributed by atoms with van der Waals surface area (Å²) in [5, 5.41) is 3.31. The maximum atomic E-state index is 5.65. The quantitative estimate of drug-likeness (QED) is 0.603. The molecule has 20 heavy (non-hydrogen) atoms. The van der Waals surface area contributed by atoms with E-state index >= 15 is 0 Å². The number of hydrogen-bond acceptors (Lipinski definition) is 4. The number of thiocarbonyl (C=S) groups is 1. The number of aryl methyl sites for hydroxylation is 2. The highest BCUT2D eigenvalue weighted by atomic mass is 32.1. The third kappa shape index (κ3) is 4.31. The first-order chi connectivity index (χ1) is 9.65. The van der Waals surface area contributed by atoms with Crippen LogP contribution < -0.4 is 11.1 Å². The SMILES string of the molecule is Cc1cc(C(N)=S)cc(NCCCCn2ccnc2)n1. The van der Waals surface area contributed by atoms with Gasteiger partial charge in [-0.3, -0.25) is 0 Å². The lowest BCUT2D eigenvalue weighted by atomic mass is 10.2. The fraction of sp³-hybridized carbons (Fsp3) is 0.357. The van der Waals surface area contributed by atoms with Gasteiger partial charge in [0, 0.05) is 36.7 Å². The molecule has 106 valence electrons. The molecule has 0 bridgehead atoms. The van der Waals surface area contributed by atoms with Crippen LogP contribution in [-0.2, 0) is 6.54 Å². The predicted molar refractivity (Wildman–Crippen MR) is 84.8 cm³/mol. The fourth-order valence-corrected chi connectivity index (χ4v) is 2.07. The normalized spacial score (nSPS) is 10.4. The van der Waals surface area contributed by atoms with E-state index in [0.29, 0.717) is 4.99 Å². The van der Waals surface area contributed by atoms with Crippen LogP contribution in [0, 0.1) is 6.92 Å². The molecule has 3 N–H and O–H groups in total. The van der Waals surface area contributed by atoms with Gasteiger partial charge in [0.05, 0.1) is 6.33 Å². The van der Waals surface area contributed by atoms with Crippen molar-refractivity contribution in [3.63, 3.8) is 0 Å². The molecule has 0 aliphatic rings. The van der Waals surface area contributed by atoms with E-state index in [1.165, 1.54) is 0 Å². The summed E-state index contributed by atoms with van der Waals surface area (Å²) in [6.07, 6.45) is 7.77. The third-order valence-corrected chi connectivity index (χ3v) is 3.18. The molecule has 5 nitrogen and oxygen atoms in total. The van der Waals surface area contributed by atoms with Crippen LogP contribution in [-0.4, -0.2) is 26.1 Å². The van der Waals surface area contributed by atoms with Crippen LogP contribution in [0.1, 0.15) is 24.1 Å². The Morgan fingerprint density at radius 3 is 2.95 bits per heavy atom. The second kappa shape index (κ2) is 7.00. The minimum Gasteiger partial charge on any atom is -0.389 e. The number of pyridine rings is 1. The highest BCUT2D eigenvalue weighted by molar-refractivity contribution is 7.80. The van der Waals surface area contributed by atoms with Crippen LogP contribution in [0.4, 0.5) is 5.82 Å². The smallest absolute Gasteiger partial charge is 0.126 e. The first-order valence-electron chi connectivity index (χ1n) is 6.63. The molecule has 0 amide bonds. The van der Waals surface area contributed by atoms with Gasteiger partial charge in [0.2, 0.25) is 0 Å². The second-order valence-electron chi connectivity index (χ2n) is 4.68. The number of nitrogens with two attached hydrogens (primary N) is 1. The van der Waals surface area contributed by atoms with Gasteiger partial charge >= 0.3 is 0 Å². The van der Waals surface area contributed by atoms with Crippen molar-refractivity contribution in [1.29, 1.82) is 0 Å². The van der Waals surface area contributed by atoms with Crippen molar-refractivity contribution < 1.29 is 0 Å². The molecule has 0 aliphatic heterocycles. The molecule has 0 aliphatic carbocycles. The van der Waals surface area contributed by atoms with Crippen molar-refractivity contribution in [1.82, 2.24) is 14.5 Å². The van der Waals surface area contributed by atoms with E-state index in [2.05, 4.69) is 19.9 Å². The Kier molecular flexibility index (Phi) is 5.06. The maximum absolute atomic E-state index is 5.65. The van der Waals surface area contributed by atoms with Crippen LogP contribution >= 0.6 is 12.2 Å². The Bertz CT molecular complexity index is 565. The standard InChI is InChI=1S/C14H19N5S/c1-11-8-12(14(15)20)9-13(18-11)17-4-2-3-6-19-7-5-16-10-19/h5,7-10H,2-4,6H2,1H3,(H2,15,20)(H,17,18). The monoisotopic (exact) mass is 289 g/mol. The molecule has 2 aromatic rings. The summed E-state index contributed by atoms with van der Waals surface area (Å²) in [6.45, 7) is 3.80. The molecule has 2 heterocycles. The van der Waals surface area contributed by atoms with Crippen molar-refractivity contribution in [2.45, 2.75) is 26.3 Å². The highest BCUT2D eigenvalue weighted by Gasteiger charge is 2.02. The fourth-order valence-electron chi connectivity index (χ4n) is 1.96. The summed E-state index contributed by atoms with van der Waals surface area (Å²) in [4.78, 5) is 8.84. The molecule has 2 rings (SSSR count). The Balaban J connectivity index is 1.77. The van der Waals surface area contributed by atoms with E-state index in [0.717, 1.165) is 43.0 Å². The maximum Gasteiger partial charge on any atom is 0.126 e. The van der Waals surface area contributed by atoms with Gasteiger partial charge in [-0.05, 0) is 31.9 Å². The topological polar surface area (TPSA) is 68.8 Å². The molecule has 0 saturated carbocycles. The number of rotatable bonds is 7. The summed E-state index contributed by atoms with van der Waals surface area (Å²) in [5.41, 5.74) is 7.42. The van der Waals surface area contributed by atoms with Gasteiger partial charge in [-0.1, -0.05) is 12.2 Å². The van der Waals surface area contributed by atoms with Crippen molar-refractivity contribution in [2.24, 2.45) is 5.73 Å². The first kappa shape index (κ1) is 14.5. The lowest BCUT2D eigenvalue weighted by molar-refractivity contribution is 0.620. The summed E-state index contributed by atoms with van der Waals surface area (Å²) >= 11 is 4.99. The van der Waals surface area contributed by atoms with Gasteiger partial charge in [-0.15, -0.1) is 0 Å². The van der Waals surface area contributed by atoms with Crippen molar-refractivity contribution >= 4 is 23.0 Å². The Hall–Kier alpha value is -1.95. The van der Waals surface area contributed by atoms with Gasteiger partial charge in [0.15, 0.2) is 0 Å². The van der Waals surface area contributed by atoms with Gasteiger partial charge in [-0.2, -0.15) is 0 Å². The lowest BCUT2D eigenvalue weighted by Crippen LogP contribution is -2.12. The largest absolute Gasteiger partial charge is 0.389 e. The van der Waals surface area contributed by atoms with Crippen LogP contribution in [0.3, 0.4) is 0 Å². The van der Waals surface area contributed by atoms with Gasteiger partial charge in [0.25, 0.3) is 0 Å². The number of nitrogens with zero attached hydrogens (tertiary/aromatic N) is 3. The number of unbranched alkanes of at least 4 members (excludes halogenated alkanes) is 1. The van der Waals surface area contributed by atoms with E-state index < -0.39 is 0 Å². The summed E-state index contributed by atoms with van der Waals surface area (Å²) in [7, 11) is 0. The zero-order valence-corrected chi connectivity index (χ0v) is 12.4. The van der Waals surface area contributed by atoms with Crippen molar-refractivity contribution in [3.05, 3.63) is 42.1 Å². The minimum absolute atomic E-state index is 0.402. The molecule has 0 saturated heterocycles. The lowest BCUT2D eigenvalue weighted by Gasteiger charge is -2.09. The van der Waals surface area contributed by atoms with Crippen LogP contribution in [0.2, 0.25) is 0 Å². The van der Waals surface area contributed by atoms with Crippen molar-refractivity contribution in [2.75, 3.05) is 11.9 Å². The van der Waals surface area contributed by atoms with Crippen molar-refractivity contribution in [3.8, 4) is 0 Å². The zero-order chi connectivity index (χ0) is 14.4. The molecule has 0 unspecified atom stereocenters. The van der Waals surface area contributed by atoms with E-state index in [1.54, 1.807) is 6.20 Å². The molecular weight excluding hydrogens is 270 g/mol. The van der Waals surface area contributed by atoms with Gasteiger partial charge in [-0.25, -0.2) is 9.97 Å². The molecule has 0 radical (unpaired) electrons. The van der Waals surface area contributed by atoms with Crippen LogP contribution in [0.5, 0.6) is 0 Å². The second-order valence-corrected chi connectivity index (χ2v) is 5.12. The number of nitrogens with one attached hydrogen (secondary N) is 1. The molecule has 0 fully saturated rings. The van der Waals surface area contributed by atoms with Gasteiger partial charge < -0.3 is 15.6 Å². The molecule has 2 aromatic heterocycles. The minimum atomic E-state index is 0.402. The Morgan fingerprint density at radius 2 is 2.25 bits per heavy atom. The third-order valence-electron chi connectivity index (χ3n) is 2.95. The van der Waals surface area contributed by atoms with E-state index in [1.807, 2.05) is 31.6 Å². The molecule has 0 atom stereocenters. The predicted octanol–water partition coefficient (Wildman–Crippen LogP) is 2.11. The zero-order valence-electron chi connectivity index (χ0n) is 11.5. The number of hydrogen-bond donors (Lipinski definition) is 2. The number of anilines is 1. The number of aromatic nitrogens is 3. The molecule has 0 aromatic carbocycles. The van der Waals surface area contributed by atoms with Crippen LogP contribution in [0.25, 0.3) is 0 Å². The van der Waals surface area contributed by atoms with E-state index in [4.69, 9.17) is 18.0 Å². The Labute approximate surface area is 124 Å². The van der Waals surface area contributed by atoms with E-state index in [9.17, 15) is 0 Å². The molecule has 0 spiro atoms. The average molecular weight is 289 g/mol. The Morgan fingerprint density at radius 1 is 1.40 bits per heavy atom. The average Bonchev–Trinajstić information content (AvgIpc) is 2.91. The van der Waals surface area contributed by atoms with E-state index in [-0.39, 0.29) is 0 Å². The number of imidazole rings is 1. The summed E-state index contributed by atoms with van der Waals surface area (Å²) < 4.78 is 2.08. The summed E-state index contributed by atoms with van der Waals surface area (Å²) in [5.74, 6) is 0.829.